The summed E-state index contributed by atoms with van der Waals surface area (Å²) in [6, 6.07) is 0.377. The first-order chi connectivity index (χ1) is 9.04. The number of carbonyl (C=O) groups excluding carboxylic acids is 1. The van der Waals surface area contributed by atoms with Gasteiger partial charge >= 0.3 is 0 Å². The van der Waals surface area contributed by atoms with Crippen molar-refractivity contribution >= 4 is 5.91 Å². The summed E-state index contributed by atoms with van der Waals surface area (Å²) in [6.07, 6.45) is 3.17. The quantitative estimate of drug-likeness (QED) is 0.721. The number of nitrogens with zero attached hydrogens (tertiary/aromatic N) is 3. The molecule has 0 spiro atoms. The third-order valence-corrected chi connectivity index (χ3v) is 3.79. The molecule has 1 rings (SSSR count). The average Bonchev–Trinajstić information content (AvgIpc) is 2.38. The minimum Gasteiger partial charge on any atom is -0.396 e. The number of amides is 1. The van der Waals surface area contributed by atoms with Crippen LogP contribution in [0.15, 0.2) is 0 Å². The number of hydrogen-bond acceptors (Lipinski definition) is 4. The minimum absolute atomic E-state index is 0.0979. The van der Waals surface area contributed by atoms with Gasteiger partial charge in [-0.05, 0) is 53.5 Å². The molecule has 19 heavy (non-hydrogen) atoms. The topological polar surface area (TPSA) is 47.0 Å². The Morgan fingerprint density at radius 2 is 1.89 bits per heavy atom. The highest BCUT2D eigenvalue weighted by Gasteiger charge is 2.26. The van der Waals surface area contributed by atoms with Crippen molar-refractivity contribution < 1.29 is 9.90 Å². The van der Waals surface area contributed by atoms with E-state index < -0.39 is 0 Å². The van der Waals surface area contributed by atoms with Crippen LogP contribution in [0.3, 0.4) is 0 Å². The Bertz CT molecular complexity index is 263. The van der Waals surface area contributed by atoms with Gasteiger partial charge in [-0.25, -0.2) is 0 Å². The summed E-state index contributed by atoms with van der Waals surface area (Å²) >= 11 is 0. The third-order valence-electron chi connectivity index (χ3n) is 3.79. The van der Waals surface area contributed by atoms with Gasteiger partial charge in [-0.3, -0.25) is 4.79 Å². The Balaban J connectivity index is 2.54. The van der Waals surface area contributed by atoms with Crippen LogP contribution >= 0.6 is 0 Å². The van der Waals surface area contributed by atoms with Gasteiger partial charge in [0.15, 0.2) is 0 Å². The molecular weight excluding hydrogens is 242 g/mol. The van der Waals surface area contributed by atoms with Crippen LogP contribution in [0.25, 0.3) is 0 Å². The molecule has 0 aliphatic carbocycles. The summed E-state index contributed by atoms with van der Waals surface area (Å²) in [4.78, 5) is 18.8. The second-order valence-corrected chi connectivity index (χ2v) is 5.75. The molecule has 5 nitrogen and oxygen atoms in total. The van der Waals surface area contributed by atoms with Gasteiger partial charge in [0, 0.05) is 32.2 Å². The van der Waals surface area contributed by atoms with E-state index in [0.717, 1.165) is 39.0 Å². The van der Waals surface area contributed by atoms with Crippen LogP contribution in [-0.4, -0.2) is 85.7 Å². The van der Waals surface area contributed by atoms with Gasteiger partial charge in [-0.15, -0.1) is 0 Å². The van der Waals surface area contributed by atoms with Crippen molar-refractivity contribution in [3.63, 3.8) is 0 Å². The second kappa shape index (κ2) is 8.51. The Morgan fingerprint density at radius 1 is 1.26 bits per heavy atom. The molecule has 1 heterocycles. The summed E-state index contributed by atoms with van der Waals surface area (Å²) < 4.78 is 0. The van der Waals surface area contributed by atoms with Gasteiger partial charge < -0.3 is 19.8 Å². The first-order valence-electron chi connectivity index (χ1n) is 7.28. The van der Waals surface area contributed by atoms with E-state index in [0.29, 0.717) is 18.9 Å². The lowest BCUT2D eigenvalue weighted by atomic mass is 10.0. The summed E-state index contributed by atoms with van der Waals surface area (Å²) in [6.45, 7) is 3.93. The van der Waals surface area contributed by atoms with Crippen molar-refractivity contribution in [2.75, 3.05) is 53.9 Å². The number of hydrogen-bond donors (Lipinski definition) is 1. The number of carbonyl (C=O) groups is 1. The molecule has 0 saturated carbocycles. The maximum atomic E-state index is 12.3. The predicted molar refractivity (Wildman–Crippen MR) is 77.1 cm³/mol. The van der Waals surface area contributed by atoms with E-state index >= 15 is 0 Å². The zero-order valence-corrected chi connectivity index (χ0v) is 12.6. The van der Waals surface area contributed by atoms with E-state index in [4.69, 9.17) is 5.11 Å². The fourth-order valence-corrected chi connectivity index (χ4v) is 2.50. The van der Waals surface area contributed by atoms with Crippen LogP contribution in [0.1, 0.15) is 25.7 Å². The summed E-state index contributed by atoms with van der Waals surface area (Å²) in [7, 11) is 6.20. The number of aliphatic hydroxyl groups excluding tert-OH is 1. The first-order valence-corrected chi connectivity index (χ1v) is 7.28. The smallest absolute Gasteiger partial charge is 0.222 e. The lowest BCUT2D eigenvalue weighted by molar-refractivity contribution is -0.135. The Hall–Kier alpha value is -0.650. The van der Waals surface area contributed by atoms with E-state index in [1.807, 2.05) is 19.0 Å². The van der Waals surface area contributed by atoms with Crippen molar-refractivity contribution in [1.82, 2.24) is 14.7 Å². The molecular formula is C14H29N3O2. The molecule has 1 N–H and O–H groups in total. The average molecular weight is 271 g/mol. The van der Waals surface area contributed by atoms with Crippen LogP contribution in [0, 0.1) is 0 Å². The Kier molecular flexibility index (Phi) is 7.34. The monoisotopic (exact) mass is 271 g/mol. The summed E-state index contributed by atoms with van der Waals surface area (Å²) in [5, 5.41) is 8.87. The van der Waals surface area contributed by atoms with Crippen molar-refractivity contribution in [2.45, 2.75) is 31.7 Å². The van der Waals surface area contributed by atoms with Crippen molar-refractivity contribution in [3.8, 4) is 0 Å². The van der Waals surface area contributed by atoms with Gasteiger partial charge in [0.05, 0.1) is 0 Å². The van der Waals surface area contributed by atoms with Crippen LogP contribution in [0.5, 0.6) is 0 Å². The van der Waals surface area contributed by atoms with E-state index in [1.54, 1.807) is 0 Å². The molecule has 1 aliphatic heterocycles. The number of piperidine rings is 1. The highest BCUT2D eigenvalue weighted by molar-refractivity contribution is 5.76. The molecule has 0 atom stereocenters. The zero-order valence-electron chi connectivity index (χ0n) is 12.6. The molecule has 1 amide bonds. The molecule has 0 aromatic rings. The van der Waals surface area contributed by atoms with Crippen LogP contribution in [-0.2, 0) is 4.79 Å². The van der Waals surface area contributed by atoms with Gasteiger partial charge in [-0.1, -0.05) is 0 Å². The van der Waals surface area contributed by atoms with Crippen molar-refractivity contribution in [2.24, 2.45) is 0 Å². The number of aliphatic hydroxyl groups is 1. The maximum absolute atomic E-state index is 12.3. The molecule has 5 heteroatoms. The number of rotatable bonds is 7. The van der Waals surface area contributed by atoms with Crippen LogP contribution in [0.4, 0.5) is 0 Å². The van der Waals surface area contributed by atoms with Gasteiger partial charge in [0.2, 0.25) is 5.91 Å². The fourth-order valence-electron chi connectivity index (χ4n) is 2.50. The van der Waals surface area contributed by atoms with E-state index in [1.165, 1.54) is 0 Å². The van der Waals surface area contributed by atoms with Crippen molar-refractivity contribution in [1.29, 1.82) is 0 Å². The largest absolute Gasteiger partial charge is 0.396 e. The van der Waals surface area contributed by atoms with Crippen LogP contribution < -0.4 is 0 Å². The lowest BCUT2D eigenvalue weighted by Gasteiger charge is -2.38. The van der Waals surface area contributed by atoms with Crippen LogP contribution in [0.2, 0.25) is 0 Å². The lowest BCUT2D eigenvalue weighted by Crippen LogP contribution is -2.48. The summed E-state index contributed by atoms with van der Waals surface area (Å²) in [5.74, 6) is 0.199. The third kappa shape index (κ3) is 5.89. The molecule has 1 saturated heterocycles. The number of likely N-dealkylation sites (N-methyl/N-ethyl adjacent to an activating group) is 1. The second-order valence-electron chi connectivity index (χ2n) is 5.75. The summed E-state index contributed by atoms with van der Waals surface area (Å²) in [5.41, 5.74) is 0. The van der Waals surface area contributed by atoms with E-state index in [2.05, 4.69) is 16.8 Å². The normalized spacial score (nSPS) is 17.9. The molecule has 0 radical (unpaired) electrons. The SMILES string of the molecule is CN(C)CCN(C(=O)CCCO)C1CCN(C)CC1. The zero-order chi connectivity index (χ0) is 14.3. The van der Waals surface area contributed by atoms with Gasteiger partial charge in [0.25, 0.3) is 0 Å². The standard InChI is InChI=1S/C14H29N3O2/c1-15(2)10-11-17(14(19)5-4-12-18)13-6-8-16(3)9-7-13/h13,18H,4-12H2,1-3H3. The highest BCUT2D eigenvalue weighted by Crippen LogP contribution is 2.17. The molecule has 1 fully saturated rings. The fraction of sp³-hybridized carbons (Fsp3) is 0.929. The molecule has 0 bridgehead atoms. The Morgan fingerprint density at radius 3 is 2.42 bits per heavy atom. The first kappa shape index (κ1) is 16.4. The molecule has 0 aromatic heterocycles. The van der Waals surface area contributed by atoms with E-state index in [-0.39, 0.29) is 12.5 Å². The molecule has 112 valence electrons. The van der Waals surface area contributed by atoms with Crippen molar-refractivity contribution in [3.05, 3.63) is 0 Å². The maximum Gasteiger partial charge on any atom is 0.222 e. The minimum atomic E-state index is 0.0979. The van der Waals surface area contributed by atoms with E-state index in [9.17, 15) is 4.79 Å². The molecule has 1 aliphatic rings. The van der Waals surface area contributed by atoms with Gasteiger partial charge in [0.1, 0.15) is 0 Å². The number of likely N-dealkylation sites (tertiary alicyclic amines) is 1. The Labute approximate surface area is 117 Å². The molecule has 0 unspecified atom stereocenters. The highest BCUT2D eigenvalue weighted by atomic mass is 16.3. The van der Waals surface area contributed by atoms with Gasteiger partial charge in [-0.2, -0.15) is 0 Å². The molecule has 0 aromatic carbocycles. The predicted octanol–water partition coefficient (Wildman–Crippen LogP) is 0.243.